The Morgan fingerprint density at radius 2 is 2.24 bits per heavy atom. The first kappa shape index (κ1) is 14.3. The Morgan fingerprint density at radius 1 is 1.38 bits per heavy atom. The van der Waals surface area contributed by atoms with Crippen LogP contribution in [0, 0.1) is 6.92 Å². The molecule has 21 heavy (non-hydrogen) atoms. The van der Waals surface area contributed by atoms with Crippen molar-refractivity contribution in [1.29, 1.82) is 0 Å². The Kier molecular flexibility index (Phi) is 4.10. The Hall–Kier alpha value is -1.62. The number of piperidine rings is 1. The van der Waals surface area contributed by atoms with Gasteiger partial charge in [0.15, 0.2) is 0 Å². The van der Waals surface area contributed by atoms with Crippen molar-refractivity contribution in [3.8, 4) is 0 Å². The van der Waals surface area contributed by atoms with Gasteiger partial charge in [-0.1, -0.05) is 0 Å². The average molecular weight is 288 g/mol. The largest absolute Gasteiger partial charge is 0.365 e. The normalized spacial score (nSPS) is 26.0. The molecule has 3 rings (SSSR count). The zero-order chi connectivity index (χ0) is 14.8. The van der Waals surface area contributed by atoms with E-state index in [1.54, 1.807) is 6.20 Å². The van der Waals surface area contributed by atoms with E-state index < -0.39 is 0 Å². The SMILES string of the molecule is Cc1ccnc(N2CCCCC2C2CCCN2)c1C(N)=O. The van der Waals surface area contributed by atoms with E-state index in [0.717, 1.165) is 37.3 Å². The number of rotatable bonds is 3. The number of carbonyl (C=O) groups excluding carboxylic acids is 1. The molecule has 2 aliphatic rings. The number of hydrogen-bond acceptors (Lipinski definition) is 4. The van der Waals surface area contributed by atoms with E-state index in [1.807, 2.05) is 13.0 Å². The number of pyridine rings is 1. The predicted octanol–water partition coefficient (Wildman–Crippen LogP) is 1.60. The number of aryl methyl sites for hydroxylation is 1. The van der Waals surface area contributed by atoms with Crippen LogP contribution in [0.5, 0.6) is 0 Å². The molecule has 114 valence electrons. The fourth-order valence-corrected chi connectivity index (χ4v) is 3.74. The third-order valence-electron chi connectivity index (χ3n) is 4.77. The van der Waals surface area contributed by atoms with Gasteiger partial charge in [0.2, 0.25) is 0 Å². The van der Waals surface area contributed by atoms with E-state index in [9.17, 15) is 4.79 Å². The second-order valence-electron chi connectivity index (χ2n) is 6.15. The number of amides is 1. The summed E-state index contributed by atoms with van der Waals surface area (Å²) in [4.78, 5) is 18.7. The van der Waals surface area contributed by atoms with E-state index in [-0.39, 0.29) is 5.91 Å². The third kappa shape index (κ3) is 2.75. The summed E-state index contributed by atoms with van der Waals surface area (Å²) < 4.78 is 0. The van der Waals surface area contributed by atoms with Crippen molar-refractivity contribution in [1.82, 2.24) is 10.3 Å². The molecule has 1 aromatic rings. The minimum atomic E-state index is -0.376. The van der Waals surface area contributed by atoms with Gasteiger partial charge in [0.05, 0.1) is 5.56 Å². The molecule has 2 atom stereocenters. The summed E-state index contributed by atoms with van der Waals surface area (Å²) in [5, 5.41) is 3.60. The Balaban J connectivity index is 1.96. The number of hydrogen-bond donors (Lipinski definition) is 2. The highest BCUT2D eigenvalue weighted by Crippen LogP contribution is 2.31. The number of anilines is 1. The van der Waals surface area contributed by atoms with Crippen LogP contribution in [0.25, 0.3) is 0 Å². The molecule has 1 aromatic heterocycles. The number of aromatic nitrogens is 1. The molecule has 1 amide bonds. The summed E-state index contributed by atoms with van der Waals surface area (Å²) >= 11 is 0. The van der Waals surface area contributed by atoms with Gasteiger partial charge in [-0.15, -0.1) is 0 Å². The second-order valence-corrected chi connectivity index (χ2v) is 6.15. The highest BCUT2D eigenvalue weighted by Gasteiger charge is 2.34. The summed E-state index contributed by atoms with van der Waals surface area (Å²) in [6.07, 6.45) is 7.78. The molecule has 0 bridgehead atoms. The maximum absolute atomic E-state index is 11.9. The standard InChI is InChI=1S/C16H24N4O/c1-11-7-9-19-16(14(11)15(17)21)20-10-3-2-6-13(20)12-5-4-8-18-12/h7,9,12-13,18H,2-6,8,10H2,1H3,(H2,17,21). The van der Waals surface area contributed by atoms with Gasteiger partial charge in [-0.3, -0.25) is 4.79 Å². The van der Waals surface area contributed by atoms with Crippen LogP contribution < -0.4 is 16.0 Å². The summed E-state index contributed by atoms with van der Waals surface area (Å²) in [6, 6.07) is 2.79. The fraction of sp³-hybridized carbons (Fsp3) is 0.625. The van der Waals surface area contributed by atoms with Gasteiger partial charge in [-0.2, -0.15) is 0 Å². The summed E-state index contributed by atoms with van der Waals surface area (Å²) in [5.41, 5.74) is 7.10. The maximum atomic E-state index is 11.9. The molecule has 3 N–H and O–H groups in total. The summed E-state index contributed by atoms with van der Waals surface area (Å²) in [5.74, 6) is 0.403. The first-order chi connectivity index (χ1) is 10.2. The summed E-state index contributed by atoms with van der Waals surface area (Å²) in [7, 11) is 0. The van der Waals surface area contributed by atoms with Crippen LogP contribution in [0.3, 0.4) is 0 Å². The monoisotopic (exact) mass is 288 g/mol. The van der Waals surface area contributed by atoms with Gasteiger partial charge in [0.1, 0.15) is 5.82 Å². The first-order valence-electron chi connectivity index (χ1n) is 7.94. The molecule has 0 radical (unpaired) electrons. The lowest BCUT2D eigenvalue weighted by Gasteiger charge is -2.40. The topological polar surface area (TPSA) is 71.2 Å². The molecule has 2 fully saturated rings. The molecule has 0 aliphatic carbocycles. The minimum absolute atomic E-state index is 0.376. The Morgan fingerprint density at radius 3 is 2.95 bits per heavy atom. The van der Waals surface area contributed by atoms with Crippen LogP contribution in [0.1, 0.15) is 48.0 Å². The lowest BCUT2D eigenvalue weighted by molar-refractivity contribution is 0.0999. The average Bonchev–Trinajstić information content (AvgIpc) is 3.00. The van der Waals surface area contributed by atoms with Crippen LogP contribution in [-0.2, 0) is 0 Å². The highest BCUT2D eigenvalue weighted by molar-refractivity contribution is 5.99. The zero-order valence-corrected chi connectivity index (χ0v) is 12.6. The van der Waals surface area contributed by atoms with Gasteiger partial charge in [0.25, 0.3) is 5.91 Å². The zero-order valence-electron chi connectivity index (χ0n) is 12.6. The van der Waals surface area contributed by atoms with Crippen molar-refractivity contribution in [3.63, 3.8) is 0 Å². The maximum Gasteiger partial charge on any atom is 0.252 e. The summed E-state index contributed by atoms with van der Waals surface area (Å²) in [6.45, 7) is 3.98. The molecule has 0 aromatic carbocycles. The lowest BCUT2D eigenvalue weighted by Crippen LogP contribution is -2.51. The van der Waals surface area contributed by atoms with E-state index in [1.165, 1.54) is 19.3 Å². The lowest BCUT2D eigenvalue weighted by atomic mass is 9.93. The molecule has 2 aliphatic heterocycles. The van der Waals surface area contributed by atoms with Crippen molar-refractivity contribution in [2.24, 2.45) is 5.73 Å². The molecule has 5 nitrogen and oxygen atoms in total. The smallest absolute Gasteiger partial charge is 0.252 e. The molecule has 2 unspecified atom stereocenters. The number of nitrogens with two attached hydrogens (primary N) is 1. The van der Waals surface area contributed by atoms with Crippen molar-refractivity contribution in [3.05, 3.63) is 23.4 Å². The van der Waals surface area contributed by atoms with Gasteiger partial charge in [0, 0.05) is 24.8 Å². The number of nitrogens with zero attached hydrogens (tertiary/aromatic N) is 2. The molecule has 2 saturated heterocycles. The van der Waals surface area contributed by atoms with Gasteiger partial charge in [-0.05, 0) is 57.2 Å². The van der Waals surface area contributed by atoms with Gasteiger partial charge < -0.3 is 16.0 Å². The molecule has 0 spiro atoms. The third-order valence-corrected chi connectivity index (χ3v) is 4.77. The van der Waals surface area contributed by atoms with Crippen molar-refractivity contribution in [2.45, 2.75) is 51.1 Å². The van der Waals surface area contributed by atoms with Crippen LogP contribution >= 0.6 is 0 Å². The van der Waals surface area contributed by atoms with Crippen molar-refractivity contribution in [2.75, 3.05) is 18.0 Å². The van der Waals surface area contributed by atoms with Crippen molar-refractivity contribution >= 4 is 11.7 Å². The number of carbonyl (C=O) groups is 1. The number of nitrogens with one attached hydrogen (secondary N) is 1. The van der Waals surface area contributed by atoms with Crippen LogP contribution in [-0.4, -0.2) is 36.1 Å². The van der Waals surface area contributed by atoms with Crippen molar-refractivity contribution < 1.29 is 4.79 Å². The van der Waals surface area contributed by atoms with E-state index in [0.29, 0.717) is 17.6 Å². The first-order valence-corrected chi connectivity index (χ1v) is 7.94. The molecule has 5 heteroatoms. The molecule has 3 heterocycles. The van der Waals surface area contributed by atoms with E-state index in [4.69, 9.17) is 5.73 Å². The molecule has 0 saturated carbocycles. The van der Waals surface area contributed by atoms with E-state index in [2.05, 4.69) is 15.2 Å². The van der Waals surface area contributed by atoms with E-state index >= 15 is 0 Å². The van der Waals surface area contributed by atoms with Crippen LogP contribution in [0.4, 0.5) is 5.82 Å². The van der Waals surface area contributed by atoms with Crippen LogP contribution in [0.15, 0.2) is 12.3 Å². The fourth-order valence-electron chi connectivity index (χ4n) is 3.74. The van der Waals surface area contributed by atoms with Gasteiger partial charge >= 0.3 is 0 Å². The Labute approximate surface area is 125 Å². The van der Waals surface area contributed by atoms with Gasteiger partial charge in [-0.25, -0.2) is 4.98 Å². The second kappa shape index (κ2) is 6.02. The highest BCUT2D eigenvalue weighted by atomic mass is 16.1. The minimum Gasteiger partial charge on any atom is -0.365 e. The van der Waals surface area contributed by atoms with Crippen LogP contribution in [0.2, 0.25) is 0 Å². The predicted molar refractivity (Wildman–Crippen MR) is 83.5 cm³/mol. The quantitative estimate of drug-likeness (QED) is 0.886. The molecular formula is C16H24N4O. The number of primary amides is 1. The molecular weight excluding hydrogens is 264 g/mol. The Bertz CT molecular complexity index is 525.